The van der Waals surface area contributed by atoms with Crippen LogP contribution in [0.25, 0.3) is 10.2 Å². The summed E-state index contributed by atoms with van der Waals surface area (Å²) in [5.74, 6) is 1.44. The zero-order valence-electron chi connectivity index (χ0n) is 13.5. The Kier molecular flexibility index (Phi) is 4.22. The number of hydrogen-bond acceptors (Lipinski definition) is 5. The minimum absolute atomic E-state index is 0.0240. The smallest absolute Gasteiger partial charge is 0.259 e. The van der Waals surface area contributed by atoms with E-state index in [9.17, 15) is 4.79 Å². The number of hydrogen-bond donors (Lipinski definition) is 2. The summed E-state index contributed by atoms with van der Waals surface area (Å²) in [4.78, 5) is 22.4. The van der Waals surface area contributed by atoms with Crippen LogP contribution in [-0.2, 0) is 24.1 Å². The van der Waals surface area contributed by atoms with Gasteiger partial charge in [-0.1, -0.05) is 6.92 Å². The van der Waals surface area contributed by atoms with E-state index in [0.29, 0.717) is 18.6 Å². The van der Waals surface area contributed by atoms with Gasteiger partial charge in [0.15, 0.2) is 0 Å². The van der Waals surface area contributed by atoms with Gasteiger partial charge in [0.1, 0.15) is 10.7 Å². The summed E-state index contributed by atoms with van der Waals surface area (Å²) in [5.41, 5.74) is 1.27. The lowest BCUT2D eigenvalue weighted by Gasteiger charge is -2.17. The van der Waals surface area contributed by atoms with Gasteiger partial charge in [-0.2, -0.15) is 0 Å². The number of fused-ring (bicyclic) bond motifs is 3. The van der Waals surface area contributed by atoms with Gasteiger partial charge in [0.05, 0.1) is 18.0 Å². The van der Waals surface area contributed by atoms with Crippen LogP contribution in [0.4, 0.5) is 0 Å². The van der Waals surface area contributed by atoms with Crippen molar-refractivity contribution in [3.8, 4) is 0 Å². The normalized spacial score (nSPS) is 24.2. The van der Waals surface area contributed by atoms with Gasteiger partial charge in [0.2, 0.25) is 0 Å². The molecule has 2 unspecified atom stereocenters. The van der Waals surface area contributed by atoms with Crippen molar-refractivity contribution in [1.29, 1.82) is 0 Å². The molecule has 2 N–H and O–H groups in total. The Balaban J connectivity index is 1.54. The average Bonchev–Trinajstić information content (AvgIpc) is 3.13. The number of aryl methyl sites for hydroxylation is 1. The summed E-state index contributed by atoms with van der Waals surface area (Å²) in [6.45, 7) is 4.56. The van der Waals surface area contributed by atoms with Crippen LogP contribution in [0.2, 0.25) is 0 Å². The molecule has 0 spiro atoms. The largest absolute Gasteiger partial charge is 0.377 e. The third kappa shape index (κ3) is 3.07. The van der Waals surface area contributed by atoms with Gasteiger partial charge in [-0.25, -0.2) is 4.98 Å². The highest BCUT2D eigenvalue weighted by molar-refractivity contribution is 7.18. The van der Waals surface area contributed by atoms with Crippen LogP contribution in [0.1, 0.15) is 42.5 Å². The van der Waals surface area contributed by atoms with Crippen molar-refractivity contribution in [3.05, 3.63) is 26.6 Å². The van der Waals surface area contributed by atoms with Crippen LogP contribution in [0, 0.1) is 5.92 Å². The highest BCUT2D eigenvalue weighted by Gasteiger charge is 2.23. The number of aromatic nitrogens is 2. The van der Waals surface area contributed by atoms with Gasteiger partial charge in [-0.15, -0.1) is 11.3 Å². The topological polar surface area (TPSA) is 67.0 Å². The van der Waals surface area contributed by atoms with Crippen LogP contribution in [0.3, 0.4) is 0 Å². The van der Waals surface area contributed by atoms with E-state index in [-0.39, 0.29) is 5.56 Å². The highest BCUT2D eigenvalue weighted by atomic mass is 32.1. The second kappa shape index (κ2) is 6.34. The zero-order chi connectivity index (χ0) is 15.8. The predicted octanol–water partition coefficient (Wildman–Crippen LogP) is 2.38. The Morgan fingerprint density at radius 1 is 1.43 bits per heavy atom. The average molecular weight is 333 g/mol. The molecule has 5 nitrogen and oxygen atoms in total. The van der Waals surface area contributed by atoms with Gasteiger partial charge < -0.3 is 15.0 Å². The molecule has 2 aromatic heterocycles. The molecule has 1 aliphatic heterocycles. The van der Waals surface area contributed by atoms with Crippen LogP contribution >= 0.6 is 11.3 Å². The SMILES string of the molecule is CC1CCc2c(sc3nc(CNCC4CCCO4)[nH]c(=O)c23)C1. The molecule has 2 aliphatic rings. The molecule has 0 radical (unpaired) electrons. The molecule has 1 fully saturated rings. The van der Waals surface area contributed by atoms with Crippen molar-refractivity contribution < 1.29 is 4.74 Å². The van der Waals surface area contributed by atoms with E-state index in [1.165, 1.54) is 16.9 Å². The number of H-pyrrole nitrogens is 1. The summed E-state index contributed by atoms with van der Waals surface area (Å²) in [6.07, 6.45) is 5.84. The van der Waals surface area contributed by atoms with Crippen molar-refractivity contribution in [3.63, 3.8) is 0 Å². The number of aromatic amines is 1. The Labute approximate surface area is 139 Å². The minimum Gasteiger partial charge on any atom is -0.377 e. The molecule has 1 aliphatic carbocycles. The molecule has 2 aromatic rings. The number of thiophene rings is 1. The monoisotopic (exact) mass is 333 g/mol. The molecule has 124 valence electrons. The Hall–Kier alpha value is -1.24. The molecular weight excluding hydrogens is 310 g/mol. The maximum absolute atomic E-state index is 12.5. The molecular formula is C17H23N3O2S. The van der Waals surface area contributed by atoms with Crippen molar-refractivity contribution in [2.75, 3.05) is 13.2 Å². The first-order valence-corrected chi connectivity index (χ1v) is 9.38. The number of nitrogens with one attached hydrogen (secondary N) is 2. The molecule has 0 amide bonds. The van der Waals surface area contributed by atoms with E-state index in [1.807, 2.05) is 0 Å². The van der Waals surface area contributed by atoms with Crippen LogP contribution in [0.15, 0.2) is 4.79 Å². The maximum atomic E-state index is 12.5. The zero-order valence-corrected chi connectivity index (χ0v) is 14.3. The van der Waals surface area contributed by atoms with Crippen LogP contribution in [0.5, 0.6) is 0 Å². The molecule has 0 bridgehead atoms. The van der Waals surface area contributed by atoms with E-state index in [1.54, 1.807) is 11.3 Å². The lowest BCUT2D eigenvalue weighted by Crippen LogP contribution is -2.27. The molecule has 23 heavy (non-hydrogen) atoms. The molecule has 3 heterocycles. The summed E-state index contributed by atoms with van der Waals surface area (Å²) < 4.78 is 5.60. The molecule has 6 heteroatoms. The van der Waals surface area contributed by atoms with E-state index < -0.39 is 0 Å². The molecule has 0 aromatic carbocycles. The molecule has 1 saturated heterocycles. The van der Waals surface area contributed by atoms with Crippen molar-refractivity contribution in [1.82, 2.24) is 15.3 Å². The summed E-state index contributed by atoms with van der Waals surface area (Å²) >= 11 is 1.71. The molecule has 0 saturated carbocycles. The fourth-order valence-corrected chi connectivity index (χ4v) is 5.04. The number of ether oxygens (including phenoxy) is 1. The van der Waals surface area contributed by atoms with Gasteiger partial charge in [0.25, 0.3) is 5.56 Å². The van der Waals surface area contributed by atoms with Crippen LogP contribution in [-0.4, -0.2) is 29.2 Å². The minimum atomic E-state index is 0.0240. The van der Waals surface area contributed by atoms with E-state index in [0.717, 1.165) is 54.9 Å². The predicted molar refractivity (Wildman–Crippen MR) is 92.1 cm³/mol. The number of rotatable bonds is 4. The molecule has 2 atom stereocenters. The Bertz CT molecular complexity index is 761. The van der Waals surface area contributed by atoms with Gasteiger partial charge in [-0.3, -0.25) is 4.79 Å². The first-order chi connectivity index (χ1) is 11.2. The summed E-state index contributed by atoms with van der Waals surface area (Å²) in [6, 6.07) is 0. The third-order valence-electron chi connectivity index (χ3n) is 4.90. The lowest BCUT2D eigenvalue weighted by atomic mass is 9.89. The quantitative estimate of drug-likeness (QED) is 0.901. The Morgan fingerprint density at radius 3 is 3.17 bits per heavy atom. The first kappa shape index (κ1) is 15.3. The Morgan fingerprint density at radius 2 is 2.35 bits per heavy atom. The van der Waals surface area contributed by atoms with Crippen molar-refractivity contribution in [2.24, 2.45) is 5.92 Å². The second-order valence-corrected chi connectivity index (χ2v) is 7.89. The second-order valence-electron chi connectivity index (χ2n) is 6.81. The summed E-state index contributed by atoms with van der Waals surface area (Å²) in [5, 5.41) is 4.18. The van der Waals surface area contributed by atoms with E-state index in [4.69, 9.17) is 4.74 Å². The third-order valence-corrected chi connectivity index (χ3v) is 6.05. The van der Waals surface area contributed by atoms with Gasteiger partial charge in [0, 0.05) is 18.0 Å². The van der Waals surface area contributed by atoms with Crippen LogP contribution < -0.4 is 10.9 Å². The van der Waals surface area contributed by atoms with Crippen molar-refractivity contribution >= 4 is 21.6 Å². The molecule has 4 rings (SSSR count). The highest BCUT2D eigenvalue weighted by Crippen LogP contribution is 2.35. The van der Waals surface area contributed by atoms with E-state index in [2.05, 4.69) is 22.2 Å². The number of nitrogens with zero attached hydrogens (tertiary/aromatic N) is 1. The fraction of sp³-hybridized carbons (Fsp3) is 0.647. The first-order valence-electron chi connectivity index (χ1n) is 8.56. The fourth-order valence-electron chi connectivity index (χ4n) is 3.63. The van der Waals surface area contributed by atoms with Gasteiger partial charge >= 0.3 is 0 Å². The standard InChI is InChI=1S/C17H23N3O2S/c1-10-4-5-12-13(7-10)23-17-15(12)16(21)19-14(20-17)9-18-8-11-3-2-6-22-11/h10-11,18H,2-9H2,1H3,(H,19,20,21). The van der Waals surface area contributed by atoms with E-state index >= 15 is 0 Å². The summed E-state index contributed by atoms with van der Waals surface area (Å²) in [7, 11) is 0. The van der Waals surface area contributed by atoms with Crippen molar-refractivity contribution in [2.45, 2.75) is 51.7 Å². The lowest BCUT2D eigenvalue weighted by molar-refractivity contribution is 0.110. The van der Waals surface area contributed by atoms with Gasteiger partial charge in [-0.05, 0) is 43.6 Å². The maximum Gasteiger partial charge on any atom is 0.259 e.